The SMILES string of the molecule is COC(=O)C(C)(C)NC(=O)[C@H]1CNC[C@@H]1c1cnn(C)c1.Cl. The van der Waals surface area contributed by atoms with Crippen molar-refractivity contribution in [1.29, 1.82) is 0 Å². The number of nitrogens with zero attached hydrogens (tertiary/aromatic N) is 2. The van der Waals surface area contributed by atoms with Crippen molar-refractivity contribution in [3.05, 3.63) is 18.0 Å². The maximum Gasteiger partial charge on any atom is 0.330 e. The van der Waals surface area contributed by atoms with Crippen LogP contribution in [0.4, 0.5) is 0 Å². The van der Waals surface area contributed by atoms with Gasteiger partial charge in [0.2, 0.25) is 5.91 Å². The zero-order chi connectivity index (χ0) is 15.6. The van der Waals surface area contributed by atoms with Crippen molar-refractivity contribution < 1.29 is 14.3 Å². The van der Waals surface area contributed by atoms with Crippen LogP contribution in [0, 0.1) is 5.92 Å². The maximum absolute atomic E-state index is 12.5. The fraction of sp³-hybridized carbons (Fsp3) is 0.643. The smallest absolute Gasteiger partial charge is 0.330 e. The summed E-state index contributed by atoms with van der Waals surface area (Å²) >= 11 is 0. The van der Waals surface area contributed by atoms with Gasteiger partial charge in [0.15, 0.2) is 0 Å². The number of hydrogen-bond donors (Lipinski definition) is 2. The predicted molar refractivity (Wildman–Crippen MR) is 83.8 cm³/mol. The van der Waals surface area contributed by atoms with Crippen molar-refractivity contribution >= 4 is 24.3 Å². The van der Waals surface area contributed by atoms with Crippen LogP contribution in [0.1, 0.15) is 25.3 Å². The largest absolute Gasteiger partial charge is 0.467 e. The van der Waals surface area contributed by atoms with Crippen LogP contribution >= 0.6 is 12.4 Å². The molecule has 1 aliphatic rings. The molecule has 8 heteroatoms. The van der Waals surface area contributed by atoms with E-state index in [9.17, 15) is 9.59 Å². The number of methoxy groups -OCH3 is 1. The molecule has 2 rings (SSSR count). The number of carbonyl (C=O) groups is 2. The van der Waals surface area contributed by atoms with E-state index in [1.807, 2.05) is 13.2 Å². The van der Waals surface area contributed by atoms with E-state index in [1.165, 1.54) is 7.11 Å². The van der Waals surface area contributed by atoms with Gasteiger partial charge in [-0.25, -0.2) is 4.79 Å². The third kappa shape index (κ3) is 3.78. The van der Waals surface area contributed by atoms with Crippen LogP contribution in [0.25, 0.3) is 0 Å². The molecular weight excluding hydrogens is 308 g/mol. The van der Waals surface area contributed by atoms with Gasteiger partial charge >= 0.3 is 5.97 Å². The Labute approximate surface area is 136 Å². The number of rotatable bonds is 4. The van der Waals surface area contributed by atoms with Crippen LogP contribution < -0.4 is 10.6 Å². The number of halogens is 1. The Morgan fingerprint density at radius 2 is 2.14 bits per heavy atom. The van der Waals surface area contributed by atoms with E-state index in [1.54, 1.807) is 24.7 Å². The molecule has 1 aromatic rings. The average molecular weight is 331 g/mol. The van der Waals surface area contributed by atoms with Gasteiger partial charge in [-0.15, -0.1) is 12.4 Å². The fourth-order valence-corrected chi connectivity index (χ4v) is 2.64. The molecule has 1 amide bonds. The minimum absolute atomic E-state index is 0. The molecule has 124 valence electrons. The third-order valence-corrected chi connectivity index (χ3v) is 3.84. The van der Waals surface area contributed by atoms with Crippen molar-refractivity contribution in [2.45, 2.75) is 25.3 Å². The predicted octanol–water partition coefficient (Wildman–Crippen LogP) is 0.213. The Balaban J connectivity index is 0.00000242. The second-order valence-corrected chi connectivity index (χ2v) is 5.92. The van der Waals surface area contributed by atoms with Crippen LogP contribution in [0.3, 0.4) is 0 Å². The second-order valence-electron chi connectivity index (χ2n) is 5.92. The van der Waals surface area contributed by atoms with Crippen LogP contribution in [-0.2, 0) is 21.4 Å². The molecule has 22 heavy (non-hydrogen) atoms. The zero-order valence-electron chi connectivity index (χ0n) is 13.3. The number of esters is 1. The number of aromatic nitrogens is 2. The maximum atomic E-state index is 12.5. The summed E-state index contributed by atoms with van der Waals surface area (Å²) in [4.78, 5) is 24.2. The third-order valence-electron chi connectivity index (χ3n) is 3.84. The average Bonchev–Trinajstić information content (AvgIpc) is 3.05. The lowest BCUT2D eigenvalue weighted by Gasteiger charge is -2.26. The lowest BCUT2D eigenvalue weighted by Crippen LogP contribution is -2.52. The van der Waals surface area contributed by atoms with Gasteiger partial charge in [0, 0.05) is 32.3 Å². The van der Waals surface area contributed by atoms with Gasteiger partial charge in [-0.05, 0) is 19.4 Å². The summed E-state index contributed by atoms with van der Waals surface area (Å²) in [6, 6.07) is 0. The molecule has 0 spiro atoms. The van der Waals surface area contributed by atoms with E-state index in [0.717, 1.165) is 12.1 Å². The van der Waals surface area contributed by atoms with E-state index < -0.39 is 11.5 Å². The lowest BCUT2D eigenvalue weighted by atomic mass is 9.89. The highest BCUT2D eigenvalue weighted by atomic mass is 35.5. The normalized spacial score (nSPS) is 21.1. The molecule has 2 atom stereocenters. The molecule has 0 unspecified atom stereocenters. The summed E-state index contributed by atoms with van der Waals surface area (Å²) in [5, 5.41) is 10.2. The summed E-state index contributed by atoms with van der Waals surface area (Å²) in [6.07, 6.45) is 3.70. The fourth-order valence-electron chi connectivity index (χ4n) is 2.64. The molecule has 1 saturated heterocycles. The van der Waals surface area contributed by atoms with E-state index in [0.29, 0.717) is 6.54 Å². The van der Waals surface area contributed by atoms with Crippen LogP contribution in [-0.4, -0.2) is 47.4 Å². The zero-order valence-corrected chi connectivity index (χ0v) is 14.1. The first kappa shape index (κ1) is 18.4. The number of amides is 1. The first-order valence-electron chi connectivity index (χ1n) is 6.95. The number of hydrogen-bond acceptors (Lipinski definition) is 5. The number of nitrogens with one attached hydrogen (secondary N) is 2. The Kier molecular flexibility index (Phi) is 5.96. The molecule has 0 radical (unpaired) electrons. The van der Waals surface area contributed by atoms with Gasteiger partial charge in [-0.3, -0.25) is 9.48 Å². The molecule has 0 bridgehead atoms. The molecule has 2 heterocycles. The molecule has 1 fully saturated rings. The highest BCUT2D eigenvalue weighted by Crippen LogP contribution is 2.28. The van der Waals surface area contributed by atoms with Crippen molar-refractivity contribution in [2.75, 3.05) is 20.2 Å². The summed E-state index contributed by atoms with van der Waals surface area (Å²) in [5.41, 5.74) is -0.00741. The minimum atomic E-state index is -1.03. The first-order valence-corrected chi connectivity index (χ1v) is 6.95. The van der Waals surface area contributed by atoms with Gasteiger partial charge in [0.1, 0.15) is 5.54 Å². The van der Waals surface area contributed by atoms with E-state index in [2.05, 4.69) is 15.7 Å². The monoisotopic (exact) mass is 330 g/mol. The number of carbonyl (C=O) groups excluding carboxylic acids is 2. The summed E-state index contributed by atoms with van der Waals surface area (Å²) < 4.78 is 6.43. The Morgan fingerprint density at radius 3 is 2.68 bits per heavy atom. The Morgan fingerprint density at radius 1 is 1.45 bits per heavy atom. The van der Waals surface area contributed by atoms with Gasteiger partial charge in [0.05, 0.1) is 19.2 Å². The van der Waals surface area contributed by atoms with E-state index in [-0.39, 0.29) is 30.2 Å². The molecule has 7 nitrogen and oxygen atoms in total. The summed E-state index contributed by atoms with van der Waals surface area (Å²) in [5.74, 6) is -0.769. The number of aryl methyl sites for hydroxylation is 1. The van der Waals surface area contributed by atoms with Gasteiger partial charge in [-0.2, -0.15) is 5.10 Å². The van der Waals surface area contributed by atoms with Crippen LogP contribution in [0.5, 0.6) is 0 Å². The van der Waals surface area contributed by atoms with Crippen molar-refractivity contribution in [1.82, 2.24) is 20.4 Å². The first-order chi connectivity index (χ1) is 9.85. The molecular formula is C14H23ClN4O3. The van der Waals surface area contributed by atoms with Crippen molar-refractivity contribution in [3.63, 3.8) is 0 Å². The molecule has 0 aromatic carbocycles. The standard InChI is InChI=1S/C14H22N4O3.ClH/c1-14(2,13(20)21-4)17-12(19)11-7-15-6-10(11)9-5-16-18(3)8-9;/h5,8,10-11,15H,6-7H2,1-4H3,(H,17,19);1H/t10-,11+;/m1./s1. The van der Waals surface area contributed by atoms with Gasteiger partial charge in [0.25, 0.3) is 0 Å². The second kappa shape index (κ2) is 7.11. The lowest BCUT2D eigenvalue weighted by molar-refractivity contribution is -0.149. The molecule has 1 aliphatic heterocycles. The minimum Gasteiger partial charge on any atom is -0.467 e. The van der Waals surface area contributed by atoms with Crippen LogP contribution in [0.2, 0.25) is 0 Å². The number of ether oxygens (including phenoxy) is 1. The topological polar surface area (TPSA) is 85.2 Å². The van der Waals surface area contributed by atoms with Crippen LogP contribution in [0.15, 0.2) is 12.4 Å². The molecule has 1 aromatic heterocycles. The summed E-state index contributed by atoms with van der Waals surface area (Å²) in [7, 11) is 3.16. The molecule has 2 N–H and O–H groups in total. The van der Waals surface area contributed by atoms with Crippen molar-refractivity contribution in [3.8, 4) is 0 Å². The van der Waals surface area contributed by atoms with Crippen molar-refractivity contribution in [2.24, 2.45) is 13.0 Å². The van der Waals surface area contributed by atoms with Gasteiger partial charge in [-0.1, -0.05) is 0 Å². The van der Waals surface area contributed by atoms with E-state index >= 15 is 0 Å². The quantitative estimate of drug-likeness (QED) is 0.771. The highest BCUT2D eigenvalue weighted by molar-refractivity contribution is 5.89. The summed E-state index contributed by atoms with van der Waals surface area (Å²) in [6.45, 7) is 4.58. The molecule has 0 aliphatic carbocycles. The van der Waals surface area contributed by atoms with Gasteiger partial charge < -0.3 is 15.4 Å². The Bertz CT molecular complexity index is 544. The molecule has 0 saturated carbocycles. The highest BCUT2D eigenvalue weighted by Gasteiger charge is 2.39. The van der Waals surface area contributed by atoms with E-state index in [4.69, 9.17) is 4.74 Å². The Hall–Kier alpha value is -1.60.